The minimum absolute atomic E-state index is 0.250. The van der Waals surface area contributed by atoms with Crippen molar-refractivity contribution >= 4 is 17.5 Å². The second-order valence-corrected chi connectivity index (χ2v) is 3.20. The van der Waals surface area contributed by atoms with Gasteiger partial charge in [-0.15, -0.1) is 0 Å². The second kappa shape index (κ2) is 2.80. The molecule has 1 saturated heterocycles. The first-order valence-corrected chi connectivity index (χ1v) is 4.08. The molecule has 5 heteroatoms. The van der Waals surface area contributed by atoms with Crippen molar-refractivity contribution in [2.45, 2.75) is 12.5 Å². The first-order chi connectivity index (χ1) is 6.58. The highest BCUT2D eigenvalue weighted by Gasteiger charge is 2.32. The lowest BCUT2D eigenvalue weighted by Crippen LogP contribution is -2.29. The zero-order chi connectivity index (χ0) is 10.3. The highest BCUT2D eigenvalue weighted by atomic mass is 16.4. The van der Waals surface area contributed by atoms with Crippen LogP contribution in [0.1, 0.15) is 6.42 Å². The number of hydrogen-bond acceptors (Lipinski definition) is 4. The van der Waals surface area contributed by atoms with Gasteiger partial charge in [-0.25, -0.2) is 4.79 Å². The predicted molar refractivity (Wildman–Crippen MR) is 45.4 cm³/mol. The molecule has 0 aromatic carbocycles. The first kappa shape index (κ1) is 8.68. The van der Waals surface area contributed by atoms with Gasteiger partial charge in [-0.2, -0.15) is 0 Å². The number of carbonyl (C=O) groups excluding carboxylic acids is 2. The van der Waals surface area contributed by atoms with Crippen molar-refractivity contribution in [2.24, 2.45) is 0 Å². The largest absolute Gasteiger partial charge is 0.480 e. The lowest BCUT2D eigenvalue weighted by molar-refractivity contribution is -0.138. The van der Waals surface area contributed by atoms with Gasteiger partial charge in [0.1, 0.15) is 6.04 Å². The molecule has 2 aliphatic rings. The minimum Gasteiger partial charge on any atom is -0.480 e. The number of ketones is 2. The summed E-state index contributed by atoms with van der Waals surface area (Å²) in [6.07, 6.45) is 2.61. The smallest absolute Gasteiger partial charge is 0.326 e. The van der Waals surface area contributed by atoms with Crippen LogP contribution in [0.5, 0.6) is 0 Å². The Hall–Kier alpha value is -1.91. The Balaban J connectivity index is 2.31. The van der Waals surface area contributed by atoms with Crippen molar-refractivity contribution in [3.8, 4) is 0 Å². The summed E-state index contributed by atoms with van der Waals surface area (Å²) in [5.41, 5.74) is 1.06. The fourth-order valence-corrected chi connectivity index (χ4v) is 1.51. The topological polar surface area (TPSA) is 83.5 Å². The van der Waals surface area contributed by atoms with Crippen molar-refractivity contribution in [1.29, 1.82) is 0 Å². The van der Waals surface area contributed by atoms with Crippen LogP contribution in [0.3, 0.4) is 0 Å². The van der Waals surface area contributed by atoms with Gasteiger partial charge in [-0.05, 0) is 11.6 Å². The van der Waals surface area contributed by atoms with Gasteiger partial charge in [0.2, 0.25) is 11.6 Å². The number of nitrogens with one attached hydrogen (secondary N) is 1. The number of fused-ring (bicyclic) bond motifs is 1. The molecule has 0 bridgehead atoms. The molecule has 14 heavy (non-hydrogen) atoms. The minimum atomic E-state index is -0.985. The molecule has 2 rings (SSSR count). The molecule has 72 valence electrons. The average Bonchev–Trinajstić information content (AvgIpc) is 2.48. The molecule has 1 atom stereocenters. The molecule has 1 aliphatic heterocycles. The molecule has 2 N–H and O–H groups in total. The van der Waals surface area contributed by atoms with Crippen LogP contribution < -0.4 is 5.32 Å². The van der Waals surface area contributed by atoms with Crippen molar-refractivity contribution in [2.75, 3.05) is 0 Å². The summed E-state index contributed by atoms with van der Waals surface area (Å²) in [5.74, 6) is -2.18. The summed E-state index contributed by atoms with van der Waals surface area (Å²) >= 11 is 0. The molecule has 1 aliphatic carbocycles. The third-order valence-electron chi connectivity index (χ3n) is 2.22. The van der Waals surface area contributed by atoms with E-state index < -0.39 is 23.6 Å². The van der Waals surface area contributed by atoms with Crippen LogP contribution in [0.4, 0.5) is 0 Å². The van der Waals surface area contributed by atoms with E-state index >= 15 is 0 Å². The van der Waals surface area contributed by atoms with E-state index in [2.05, 4.69) is 5.32 Å². The zero-order valence-electron chi connectivity index (χ0n) is 7.11. The van der Waals surface area contributed by atoms with Gasteiger partial charge in [0, 0.05) is 18.2 Å². The van der Waals surface area contributed by atoms with Crippen LogP contribution in [-0.4, -0.2) is 28.7 Å². The Morgan fingerprint density at radius 1 is 1.36 bits per heavy atom. The maximum atomic E-state index is 11.0. The molecular formula is C9H7NO4. The Labute approximate surface area is 79.1 Å². The molecule has 0 amide bonds. The van der Waals surface area contributed by atoms with E-state index in [1.165, 1.54) is 6.08 Å². The summed E-state index contributed by atoms with van der Waals surface area (Å²) in [6.45, 7) is 0. The first-order valence-electron chi connectivity index (χ1n) is 4.08. The second-order valence-electron chi connectivity index (χ2n) is 3.20. The molecule has 5 nitrogen and oxygen atoms in total. The highest BCUT2D eigenvalue weighted by molar-refractivity contribution is 6.46. The van der Waals surface area contributed by atoms with E-state index in [-0.39, 0.29) is 6.42 Å². The summed E-state index contributed by atoms with van der Waals surface area (Å²) < 4.78 is 0. The van der Waals surface area contributed by atoms with E-state index in [1.54, 1.807) is 0 Å². The molecule has 0 aromatic heterocycles. The fraction of sp³-hybridized carbons (Fsp3) is 0.222. The number of carbonyl (C=O) groups is 3. The maximum absolute atomic E-state index is 11.0. The van der Waals surface area contributed by atoms with Crippen molar-refractivity contribution in [1.82, 2.24) is 5.32 Å². The lowest BCUT2D eigenvalue weighted by Gasteiger charge is -2.05. The van der Waals surface area contributed by atoms with E-state index in [4.69, 9.17) is 5.11 Å². The van der Waals surface area contributed by atoms with Crippen LogP contribution in [0.15, 0.2) is 23.4 Å². The molecule has 1 heterocycles. The van der Waals surface area contributed by atoms with Gasteiger partial charge in [-0.3, -0.25) is 9.59 Å². The number of carboxylic acid groups (broad SMARTS) is 1. The SMILES string of the molecule is O=C1C=C2C[C@@H](C(=O)O)NC2=CC1=O. The number of hydrogen-bond donors (Lipinski definition) is 2. The van der Waals surface area contributed by atoms with Gasteiger partial charge < -0.3 is 10.4 Å². The number of aliphatic carboxylic acids is 1. The average molecular weight is 193 g/mol. The molecule has 1 fully saturated rings. The van der Waals surface area contributed by atoms with E-state index in [1.807, 2.05) is 0 Å². The summed E-state index contributed by atoms with van der Waals surface area (Å²) in [4.78, 5) is 32.5. The molecule has 0 spiro atoms. The van der Waals surface area contributed by atoms with Gasteiger partial charge in [0.15, 0.2) is 0 Å². The molecule has 0 radical (unpaired) electrons. The quantitative estimate of drug-likeness (QED) is 0.429. The van der Waals surface area contributed by atoms with Crippen LogP contribution in [-0.2, 0) is 14.4 Å². The normalized spacial score (nSPS) is 25.0. The summed E-state index contributed by atoms with van der Waals surface area (Å²) in [6, 6.07) is -0.730. The monoisotopic (exact) mass is 193 g/mol. The standard InChI is InChI=1S/C9H7NO4/c11-7-2-4-1-6(9(13)14)10-5(4)3-8(7)12/h2-3,6,10H,1H2,(H,13,14)/t6-/m0/s1. The Kier molecular flexibility index (Phi) is 1.73. The van der Waals surface area contributed by atoms with Gasteiger partial charge in [0.25, 0.3) is 0 Å². The van der Waals surface area contributed by atoms with Crippen molar-refractivity contribution in [3.63, 3.8) is 0 Å². The van der Waals surface area contributed by atoms with Crippen LogP contribution in [0.2, 0.25) is 0 Å². The van der Waals surface area contributed by atoms with Crippen LogP contribution >= 0.6 is 0 Å². The Morgan fingerprint density at radius 2 is 2.00 bits per heavy atom. The highest BCUT2D eigenvalue weighted by Crippen LogP contribution is 2.25. The lowest BCUT2D eigenvalue weighted by atomic mass is 10.0. The Morgan fingerprint density at radius 3 is 2.64 bits per heavy atom. The van der Waals surface area contributed by atoms with Gasteiger partial charge in [0.05, 0.1) is 0 Å². The summed E-state index contributed by atoms with van der Waals surface area (Å²) in [7, 11) is 0. The number of rotatable bonds is 1. The molecule has 0 aromatic rings. The zero-order valence-corrected chi connectivity index (χ0v) is 7.11. The fourth-order valence-electron chi connectivity index (χ4n) is 1.51. The van der Waals surface area contributed by atoms with Crippen molar-refractivity contribution in [3.05, 3.63) is 23.4 Å². The van der Waals surface area contributed by atoms with Gasteiger partial charge >= 0.3 is 5.97 Å². The summed E-state index contributed by atoms with van der Waals surface area (Å²) in [5, 5.41) is 11.4. The van der Waals surface area contributed by atoms with Gasteiger partial charge in [-0.1, -0.05) is 0 Å². The van der Waals surface area contributed by atoms with Crippen LogP contribution in [0.25, 0.3) is 0 Å². The number of allylic oxidation sites excluding steroid dienone is 3. The van der Waals surface area contributed by atoms with Crippen LogP contribution in [0, 0.1) is 0 Å². The Bertz CT molecular complexity index is 373. The third kappa shape index (κ3) is 1.22. The third-order valence-corrected chi connectivity index (χ3v) is 2.22. The maximum Gasteiger partial charge on any atom is 0.326 e. The van der Waals surface area contributed by atoms with E-state index in [0.717, 1.165) is 6.08 Å². The van der Waals surface area contributed by atoms with E-state index in [9.17, 15) is 14.4 Å². The van der Waals surface area contributed by atoms with Crippen molar-refractivity contribution < 1.29 is 19.5 Å². The predicted octanol–water partition coefficient (Wildman–Crippen LogP) is -0.605. The molecular weight excluding hydrogens is 186 g/mol. The molecule has 0 unspecified atom stereocenters. The van der Waals surface area contributed by atoms with E-state index in [0.29, 0.717) is 11.3 Å². The number of carboxylic acids is 1. The molecule has 0 saturated carbocycles.